The Kier molecular flexibility index (Phi) is 5.21. The summed E-state index contributed by atoms with van der Waals surface area (Å²) in [5, 5.41) is 1.35. The zero-order valence-electron chi connectivity index (χ0n) is 12.3. The van der Waals surface area contributed by atoms with E-state index in [1.807, 2.05) is 23.5 Å². The molecule has 6 heteroatoms. The smallest absolute Gasteiger partial charge is 0.323 e. The fourth-order valence-corrected chi connectivity index (χ4v) is 5.46. The molecule has 0 aromatic heterocycles. The number of alkyl halides is 3. The van der Waals surface area contributed by atoms with E-state index in [-0.39, 0.29) is 11.3 Å². The van der Waals surface area contributed by atoms with Crippen LogP contribution in [0.1, 0.15) is 36.6 Å². The van der Waals surface area contributed by atoms with Gasteiger partial charge in [0.25, 0.3) is 0 Å². The molecule has 1 aliphatic heterocycles. The van der Waals surface area contributed by atoms with Crippen molar-refractivity contribution in [1.82, 2.24) is 0 Å². The van der Waals surface area contributed by atoms with Crippen LogP contribution in [0, 0.1) is 6.92 Å². The molecule has 0 spiro atoms. The maximum Gasteiger partial charge on any atom is 0.416 e. The second-order valence-corrected chi connectivity index (χ2v) is 8.54. The molecule has 0 amide bonds. The summed E-state index contributed by atoms with van der Waals surface area (Å²) >= 11 is 3.74. The Morgan fingerprint density at radius 3 is 2.43 bits per heavy atom. The van der Waals surface area contributed by atoms with Crippen molar-refractivity contribution in [3.63, 3.8) is 0 Å². The van der Waals surface area contributed by atoms with Gasteiger partial charge in [-0.15, -0.1) is 0 Å². The molecule has 4 unspecified atom stereocenters. The van der Waals surface area contributed by atoms with Crippen LogP contribution in [0.5, 0.6) is 0 Å². The lowest BCUT2D eigenvalue weighted by Crippen LogP contribution is -2.34. The van der Waals surface area contributed by atoms with Gasteiger partial charge in [0.2, 0.25) is 0 Å². The third-order valence-corrected chi connectivity index (χ3v) is 7.45. The fraction of sp³-hybridized carbons (Fsp3) is 0.600. The van der Waals surface area contributed by atoms with Crippen molar-refractivity contribution in [3.05, 3.63) is 34.9 Å². The van der Waals surface area contributed by atoms with Crippen LogP contribution in [0.15, 0.2) is 18.2 Å². The molecule has 1 aliphatic rings. The molecule has 1 aromatic rings. The van der Waals surface area contributed by atoms with Crippen LogP contribution in [-0.4, -0.2) is 21.5 Å². The van der Waals surface area contributed by atoms with Crippen molar-refractivity contribution in [2.24, 2.45) is 5.73 Å². The molecule has 0 saturated carbocycles. The third kappa shape index (κ3) is 3.90. The highest BCUT2D eigenvalue weighted by molar-refractivity contribution is 8.07. The average Bonchev–Trinajstić information content (AvgIpc) is 2.40. The van der Waals surface area contributed by atoms with E-state index in [0.717, 1.165) is 17.4 Å². The first kappa shape index (κ1) is 17.0. The standard InChI is InChI=1S/C15H20F3NS2/c1-8-6-11(15(16,17)18)4-5-12(8)14(19)13-7-20-9(2)10(3)21-13/h4-6,9-10,13-14H,7,19H2,1-3H3. The lowest BCUT2D eigenvalue weighted by atomic mass is 9.97. The number of thioether (sulfide) groups is 2. The molecule has 0 radical (unpaired) electrons. The summed E-state index contributed by atoms with van der Waals surface area (Å²) < 4.78 is 38.1. The first-order chi connectivity index (χ1) is 9.70. The summed E-state index contributed by atoms with van der Waals surface area (Å²) in [5.41, 5.74) is 7.16. The molecule has 1 aromatic carbocycles. The molecule has 2 N–H and O–H groups in total. The van der Waals surface area contributed by atoms with E-state index in [1.165, 1.54) is 12.1 Å². The van der Waals surface area contributed by atoms with E-state index in [4.69, 9.17) is 5.73 Å². The van der Waals surface area contributed by atoms with Crippen LogP contribution < -0.4 is 5.73 Å². The van der Waals surface area contributed by atoms with E-state index in [9.17, 15) is 13.2 Å². The van der Waals surface area contributed by atoms with Gasteiger partial charge in [-0.1, -0.05) is 19.9 Å². The van der Waals surface area contributed by atoms with Gasteiger partial charge in [-0.05, 0) is 30.2 Å². The van der Waals surface area contributed by atoms with Crippen LogP contribution in [-0.2, 0) is 6.18 Å². The summed E-state index contributed by atoms with van der Waals surface area (Å²) in [4.78, 5) is 0. The second-order valence-electron chi connectivity index (χ2n) is 5.51. The van der Waals surface area contributed by atoms with Crippen LogP contribution >= 0.6 is 23.5 Å². The minimum absolute atomic E-state index is 0.222. The van der Waals surface area contributed by atoms with Gasteiger partial charge >= 0.3 is 6.18 Å². The molecule has 1 nitrogen and oxygen atoms in total. The minimum Gasteiger partial charge on any atom is -0.323 e. The summed E-state index contributed by atoms with van der Waals surface area (Å²) in [5.74, 6) is 0.942. The average molecular weight is 335 g/mol. The van der Waals surface area contributed by atoms with Gasteiger partial charge in [-0.25, -0.2) is 0 Å². The number of hydrogen-bond acceptors (Lipinski definition) is 3. The lowest BCUT2D eigenvalue weighted by Gasteiger charge is -2.35. The molecular formula is C15H20F3NS2. The third-order valence-electron chi connectivity index (χ3n) is 3.93. The molecule has 1 fully saturated rings. The highest BCUT2D eigenvalue weighted by Crippen LogP contribution is 2.41. The quantitative estimate of drug-likeness (QED) is 0.853. The normalized spacial score (nSPS) is 28.4. The Labute approximate surface area is 132 Å². The van der Waals surface area contributed by atoms with E-state index in [1.54, 1.807) is 6.92 Å². The largest absolute Gasteiger partial charge is 0.416 e. The maximum absolute atomic E-state index is 12.7. The van der Waals surface area contributed by atoms with Gasteiger partial charge in [-0.3, -0.25) is 0 Å². The van der Waals surface area contributed by atoms with Crippen molar-refractivity contribution in [2.45, 2.75) is 48.7 Å². The number of aryl methyl sites for hydroxylation is 1. The molecule has 0 aliphatic carbocycles. The SMILES string of the molecule is Cc1cc(C(F)(F)F)ccc1C(N)C1CSC(C)C(C)S1. The van der Waals surface area contributed by atoms with Crippen molar-refractivity contribution >= 4 is 23.5 Å². The highest BCUT2D eigenvalue weighted by Gasteiger charge is 2.33. The maximum atomic E-state index is 12.7. The van der Waals surface area contributed by atoms with Gasteiger partial charge in [0.05, 0.1) is 5.56 Å². The Morgan fingerprint density at radius 2 is 1.90 bits per heavy atom. The monoisotopic (exact) mass is 335 g/mol. The Morgan fingerprint density at radius 1 is 1.24 bits per heavy atom. The molecule has 21 heavy (non-hydrogen) atoms. The Hall–Kier alpha value is -0.330. The topological polar surface area (TPSA) is 26.0 Å². The van der Waals surface area contributed by atoms with Crippen molar-refractivity contribution < 1.29 is 13.2 Å². The Balaban J connectivity index is 2.18. The van der Waals surface area contributed by atoms with Crippen molar-refractivity contribution in [1.29, 1.82) is 0 Å². The lowest BCUT2D eigenvalue weighted by molar-refractivity contribution is -0.137. The number of rotatable bonds is 2. The summed E-state index contributed by atoms with van der Waals surface area (Å²) in [6.07, 6.45) is -4.30. The molecule has 1 saturated heterocycles. The first-order valence-electron chi connectivity index (χ1n) is 6.90. The second kappa shape index (κ2) is 6.42. The van der Waals surface area contributed by atoms with Gasteiger partial charge in [0.1, 0.15) is 0 Å². The summed E-state index contributed by atoms with van der Waals surface area (Å²) in [6, 6.07) is 3.65. The Bertz CT molecular complexity index is 504. The fourth-order valence-electron chi connectivity index (χ4n) is 2.42. The zero-order chi connectivity index (χ0) is 15.8. The van der Waals surface area contributed by atoms with Crippen molar-refractivity contribution in [2.75, 3.05) is 5.75 Å². The van der Waals surface area contributed by atoms with E-state index >= 15 is 0 Å². The van der Waals surface area contributed by atoms with Crippen LogP contribution in [0.2, 0.25) is 0 Å². The number of hydrogen-bond donors (Lipinski definition) is 1. The molecular weight excluding hydrogens is 315 g/mol. The van der Waals surface area contributed by atoms with Gasteiger partial charge in [0.15, 0.2) is 0 Å². The predicted molar refractivity (Wildman–Crippen MR) is 85.9 cm³/mol. The first-order valence-corrected chi connectivity index (χ1v) is 8.89. The van der Waals surface area contributed by atoms with Crippen LogP contribution in [0.4, 0.5) is 13.2 Å². The number of nitrogens with two attached hydrogens (primary N) is 1. The minimum atomic E-state index is -4.30. The van der Waals surface area contributed by atoms with Crippen molar-refractivity contribution in [3.8, 4) is 0 Å². The summed E-state index contributed by atoms with van der Waals surface area (Å²) in [6.45, 7) is 6.09. The molecule has 118 valence electrons. The predicted octanol–water partition coefficient (Wildman–Crippen LogP) is 4.64. The van der Waals surface area contributed by atoms with Crippen LogP contribution in [0.25, 0.3) is 0 Å². The van der Waals surface area contributed by atoms with Gasteiger partial charge in [0, 0.05) is 27.5 Å². The van der Waals surface area contributed by atoms with Crippen LogP contribution in [0.3, 0.4) is 0 Å². The van der Waals surface area contributed by atoms with E-state index < -0.39 is 11.7 Å². The summed E-state index contributed by atoms with van der Waals surface area (Å²) in [7, 11) is 0. The molecule has 0 bridgehead atoms. The van der Waals surface area contributed by atoms with E-state index in [0.29, 0.717) is 16.1 Å². The molecule has 4 atom stereocenters. The molecule has 1 heterocycles. The molecule has 2 rings (SSSR count). The van der Waals surface area contributed by atoms with Gasteiger partial charge < -0.3 is 5.73 Å². The van der Waals surface area contributed by atoms with E-state index in [2.05, 4.69) is 13.8 Å². The number of halogens is 3. The number of benzene rings is 1. The van der Waals surface area contributed by atoms with Gasteiger partial charge in [-0.2, -0.15) is 36.7 Å². The zero-order valence-corrected chi connectivity index (χ0v) is 13.9. The highest BCUT2D eigenvalue weighted by atomic mass is 32.2.